The van der Waals surface area contributed by atoms with Gasteiger partial charge in [-0.15, -0.1) is 0 Å². The molecule has 1 fully saturated rings. The average molecular weight is 494 g/mol. The van der Waals surface area contributed by atoms with Crippen molar-refractivity contribution in [2.45, 2.75) is 43.3 Å². The Morgan fingerprint density at radius 3 is 2.29 bits per heavy atom. The lowest BCUT2D eigenvalue weighted by atomic mass is 10.0. The number of hydrogen-bond acceptors (Lipinski definition) is 3. The zero-order valence-corrected chi connectivity index (χ0v) is 20.0. The van der Waals surface area contributed by atoms with Crippen molar-refractivity contribution in [1.29, 1.82) is 0 Å². The van der Waals surface area contributed by atoms with Gasteiger partial charge in [0.05, 0.1) is 16.3 Å². The highest BCUT2D eigenvalue weighted by Gasteiger charge is 2.34. The molecule has 2 atom stereocenters. The normalized spacial score (nSPS) is 19.8. The van der Waals surface area contributed by atoms with Crippen LogP contribution in [-0.4, -0.2) is 23.4 Å². The summed E-state index contributed by atoms with van der Waals surface area (Å²) in [4.78, 5) is 27.8. The molecule has 174 valence electrons. The van der Waals surface area contributed by atoms with Gasteiger partial charge in [0.1, 0.15) is 5.50 Å². The first-order valence-corrected chi connectivity index (χ1v) is 12.3. The van der Waals surface area contributed by atoms with E-state index < -0.39 is 5.50 Å². The molecule has 0 saturated heterocycles. The van der Waals surface area contributed by atoms with Gasteiger partial charge in [0.15, 0.2) is 0 Å². The highest BCUT2D eigenvalue weighted by atomic mass is 35.5. The van der Waals surface area contributed by atoms with Crippen molar-refractivity contribution < 1.29 is 9.59 Å². The van der Waals surface area contributed by atoms with E-state index in [9.17, 15) is 9.59 Å². The number of benzene rings is 3. The summed E-state index contributed by atoms with van der Waals surface area (Å²) in [6.07, 6.45) is 3.97. The minimum absolute atomic E-state index is 0.163. The van der Waals surface area contributed by atoms with E-state index in [0.717, 1.165) is 17.7 Å². The van der Waals surface area contributed by atoms with Crippen LogP contribution in [0, 0.1) is 0 Å². The summed E-state index contributed by atoms with van der Waals surface area (Å²) < 4.78 is 0. The summed E-state index contributed by atoms with van der Waals surface area (Å²) in [5, 5.41) is 6.92. The van der Waals surface area contributed by atoms with Crippen molar-refractivity contribution in [3.05, 3.63) is 94.5 Å². The molecule has 5 nitrogen and oxygen atoms in total. The molecule has 0 radical (unpaired) electrons. The number of nitrogens with one attached hydrogen (secondary N) is 2. The summed E-state index contributed by atoms with van der Waals surface area (Å²) in [5.74, 6) is -0.468. The van der Waals surface area contributed by atoms with E-state index >= 15 is 0 Å². The van der Waals surface area contributed by atoms with E-state index in [4.69, 9.17) is 23.2 Å². The van der Waals surface area contributed by atoms with Crippen LogP contribution < -0.4 is 15.5 Å². The van der Waals surface area contributed by atoms with Gasteiger partial charge in [-0.25, -0.2) is 0 Å². The van der Waals surface area contributed by atoms with Gasteiger partial charge in [0, 0.05) is 23.3 Å². The lowest BCUT2D eigenvalue weighted by Crippen LogP contribution is -2.37. The second kappa shape index (κ2) is 9.79. The summed E-state index contributed by atoms with van der Waals surface area (Å²) in [5.41, 5.74) is 2.98. The number of nitrogens with zero attached hydrogens (tertiary/aromatic N) is 1. The van der Waals surface area contributed by atoms with Crippen molar-refractivity contribution in [2.24, 2.45) is 0 Å². The lowest BCUT2D eigenvalue weighted by molar-refractivity contribution is 0.0982. The highest BCUT2D eigenvalue weighted by molar-refractivity contribution is 6.34. The number of alkyl halides is 1. The van der Waals surface area contributed by atoms with E-state index in [0.29, 0.717) is 34.3 Å². The number of fused-ring (bicyclic) bond motifs is 1. The van der Waals surface area contributed by atoms with Crippen LogP contribution in [0.4, 0.5) is 11.4 Å². The minimum atomic E-state index is -0.445. The van der Waals surface area contributed by atoms with Crippen LogP contribution in [0.1, 0.15) is 58.0 Å². The number of hydrogen-bond donors (Lipinski definition) is 2. The molecule has 1 aliphatic heterocycles. The fourth-order valence-electron chi connectivity index (χ4n) is 4.36. The van der Waals surface area contributed by atoms with Gasteiger partial charge >= 0.3 is 0 Å². The third-order valence-corrected chi connectivity index (χ3v) is 7.03. The number of rotatable bonds is 5. The SMILES string of the molecule is O=C(Nc1ccc(C(=O)N2c3ccccc3C(NC3CC3)CCC2Cl)cc1)c1ccccc1Cl. The molecule has 1 heterocycles. The molecule has 2 amide bonds. The molecule has 1 saturated carbocycles. The van der Waals surface area contributed by atoms with E-state index in [1.807, 2.05) is 18.2 Å². The Hall–Kier alpha value is -2.86. The molecule has 0 aromatic heterocycles. The first-order chi connectivity index (χ1) is 16.5. The van der Waals surface area contributed by atoms with Gasteiger partial charge in [0.25, 0.3) is 11.8 Å². The number of para-hydroxylation sites is 1. The second-order valence-corrected chi connectivity index (χ2v) is 9.66. The van der Waals surface area contributed by atoms with E-state index in [1.54, 1.807) is 53.4 Å². The van der Waals surface area contributed by atoms with Crippen molar-refractivity contribution in [3.8, 4) is 0 Å². The summed E-state index contributed by atoms with van der Waals surface area (Å²) in [7, 11) is 0. The minimum Gasteiger partial charge on any atom is -0.322 e. The molecule has 3 aromatic rings. The zero-order chi connectivity index (χ0) is 23.7. The molecular formula is C27H25Cl2N3O2. The second-order valence-electron chi connectivity index (χ2n) is 8.75. The molecular weight excluding hydrogens is 469 g/mol. The lowest BCUT2D eigenvalue weighted by Gasteiger charge is -2.28. The zero-order valence-electron chi connectivity index (χ0n) is 18.5. The predicted molar refractivity (Wildman–Crippen MR) is 137 cm³/mol. The third kappa shape index (κ3) is 4.83. The topological polar surface area (TPSA) is 61.4 Å². The van der Waals surface area contributed by atoms with Crippen molar-refractivity contribution in [2.75, 3.05) is 10.2 Å². The highest BCUT2D eigenvalue weighted by Crippen LogP contribution is 2.39. The smallest absolute Gasteiger partial charge is 0.259 e. The standard InChI is InChI=1S/C27H25Cl2N3O2/c28-22-7-3-1-5-20(22)26(33)31-19-11-9-17(10-12-19)27(34)32-24-8-4-2-6-21(24)23(15-16-25(32)29)30-18-13-14-18/h1-12,18,23,25,30H,13-16H2,(H,31,33). The van der Waals surface area contributed by atoms with Crippen LogP contribution in [0.15, 0.2) is 72.8 Å². The fourth-order valence-corrected chi connectivity index (χ4v) is 4.91. The first kappa shape index (κ1) is 22.9. The predicted octanol–water partition coefficient (Wildman–Crippen LogP) is 6.39. The van der Waals surface area contributed by atoms with Crippen LogP contribution in [0.5, 0.6) is 0 Å². The molecule has 1 aliphatic carbocycles. The molecule has 2 unspecified atom stereocenters. The average Bonchev–Trinajstić information content (AvgIpc) is 3.68. The largest absolute Gasteiger partial charge is 0.322 e. The monoisotopic (exact) mass is 493 g/mol. The van der Waals surface area contributed by atoms with E-state index in [-0.39, 0.29) is 17.9 Å². The molecule has 7 heteroatoms. The Morgan fingerprint density at radius 1 is 0.853 bits per heavy atom. The molecule has 0 spiro atoms. The fraction of sp³-hybridized carbons (Fsp3) is 0.259. The Labute approximate surface area is 209 Å². The third-order valence-electron chi connectivity index (χ3n) is 6.29. The van der Waals surface area contributed by atoms with E-state index in [1.165, 1.54) is 12.8 Å². The number of carbonyl (C=O) groups excluding carboxylic acids is 2. The molecule has 5 rings (SSSR count). The Morgan fingerprint density at radius 2 is 1.56 bits per heavy atom. The number of carbonyl (C=O) groups is 2. The Bertz CT molecular complexity index is 1210. The summed E-state index contributed by atoms with van der Waals surface area (Å²) in [6, 6.07) is 22.5. The van der Waals surface area contributed by atoms with Gasteiger partial charge in [-0.2, -0.15) is 0 Å². The molecule has 3 aromatic carbocycles. The molecule has 2 aliphatic rings. The number of amides is 2. The van der Waals surface area contributed by atoms with Crippen molar-refractivity contribution >= 4 is 46.4 Å². The molecule has 34 heavy (non-hydrogen) atoms. The maximum Gasteiger partial charge on any atom is 0.259 e. The Balaban J connectivity index is 1.36. The maximum atomic E-state index is 13.6. The summed E-state index contributed by atoms with van der Waals surface area (Å²) >= 11 is 12.9. The Kier molecular flexibility index (Phi) is 6.59. The van der Waals surface area contributed by atoms with Crippen molar-refractivity contribution in [3.63, 3.8) is 0 Å². The van der Waals surface area contributed by atoms with Gasteiger partial charge in [0.2, 0.25) is 0 Å². The van der Waals surface area contributed by atoms with Crippen LogP contribution in [0.25, 0.3) is 0 Å². The van der Waals surface area contributed by atoms with Gasteiger partial charge in [-0.3, -0.25) is 14.5 Å². The maximum absolute atomic E-state index is 13.6. The first-order valence-electron chi connectivity index (χ1n) is 11.5. The van der Waals surface area contributed by atoms with Crippen LogP contribution in [0.2, 0.25) is 5.02 Å². The molecule has 0 bridgehead atoms. The van der Waals surface area contributed by atoms with Gasteiger partial charge < -0.3 is 10.6 Å². The summed E-state index contributed by atoms with van der Waals surface area (Å²) in [6.45, 7) is 0. The van der Waals surface area contributed by atoms with Gasteiger partial charge in [-0.05, 0) is 73.7 Å². The molecule has 2 N–H and O–H groups in total. The van der Waals surface area contributed by atoms with Crippen LogP contribution >= 0.6 is 23.2 Å². The van der Waals surface area contributed by atoms with E-state index in [2.05, 4.69) is 16.7 Å². The van der Waals surface area contributed by atoms with Crippen LogP contribution in [-0.2, 0) is 0 Å². The van der Waals surface area contributed by atoms with Gasteiger partial charge in [-0.1, -0.05) is 53.5 Å². The quantitative estimate of drug-likeness (QED) is 0.319. The number of halogens is 2. The van der Waals surface area contributed by atoms with Crippen molar-refractivity contribution in [1.82, 2.24) is 5.32 Å². The van der Waals surface area contributed by atoms with Crippen LogP contribution in [0.3, 0.4) is 0 Å². The number of anilines is 2.